The molecule has 0 spiro atoms. The predicted octanol–water partition coefficient (Wildman–Crippen LogP) is 7.73. The number of benzene rings is 3. The molecule has 0 amide bonds. The largest absolute Gasteiger partial charge is 0.492 e. The van der Waals surface area contributed by atoms with Crippen LogP contribution < -0.4 is 14.2 Å². The minimum absolute atomic E-state index is 0.168. The fourth-order valence-electron chi connectivity index (χ4n) is 5.71. The van der Waals surface area contributed by atoms with E-state index in [9.17, 15) is 8.78 Å². The van der Waals surface area contributed by atoms with Crippen LogP contribution in [0.2, 0.25) is 5.02 Å². The highest BCUT2D eigenvalue weighted by molar-refractivity contribution is 6.32. The van der Waals surface area contributed by atoms with Gasteiger partial charge >= 0.3 is 0 Å². The Bertz CT molecular complexity index is 1380. The lowest BCUT2D eigenvalue weighted by Gasteiger charge is -2.37. The summed E-state index contributed by atoms with van der Waals surface area (Å²) in [5, 5.41) is 0.457. The number of hydrogen-bond acceptors (Lipinski definition) is 5. The monoisotopic (exact) mass is 581 g/mol. The lowest BCUT2D eigenvalue weighted by atomic mass is 9.86. The summed E-state index contributed by atoms with van der Waals surface area (Å²) >= 11 is 6.66. The summed E-state index contributed by atoms with van der Waals surface area (Å²) in [6, 6.07) is 18.0. The van der Waals surface area contributed by atoms with E-state index in [0.717, 1.165) is 72.5 Å². The van der Waals surface area contributed by atoms with Crippen LogP contribution in [0.4, 0.5) is 8.78 Å². The highest BCUT2D eigenvalue weighted by atomic mass is 35.5. The summed E-state index contributed by atoms with van der Waals surface area (Å²) in [4.78, 5) is 2.19. The maximum absolute atomic E-state index is 13.9. The van der Waals surface area contributed by atoms with Gasteiger partial charge in [-0.25, -0.2) is 4.39 Å². The molecule has 3 heterocycles. The van der Waals surface area contributed by atoms with E-state index < -0.39 is 6.10 Å². The molecule has 2 fully saturated rings. The lowest BCUT2D eigenvalue weighted by Crippen LogP contribution is -2.49. The number of nitrogens with zero attached hydrogens (tertiary/aromatic N) is 1. The summed E-state index contributed by atoms with van der Waals surface area (Å²) in [6.45, 7) is 5.37. The molecule has 0 saturated carbocycles. The van der Waals surface area contributed by atoms with Crippen molar-refractivity contribution in [3.63, 3.8) is 0 Å². The van der Waals surface area contributed by atoms with E-state index in [1.54, 1.807) is 18.2 Å². The maximum Gasteiger partial charge on any atom is 0.199 e. The molecule has 0 radical (unpaired) electrons. The van der Waals surface area contributed by atoms with Crippen molar-refractivity contribution in [3.8, 4) is 17.2 Å². The summed E-state index contributed by atoms with van der Waals surface area (Å²) in [6.07, 6.45) is 2.14. The summed E-state index contributed by atoms with van der Waals surface area (Å²) in [5.74, 6) is 1.84. The van der Waals surface area contributed by atoms with Crippen LogP contribution in [0, 0.1) is 11.7 Å². The number of alkyl halides is 1. The first-order valence-corrected chi connectivity index (χ1v) is 14.6. The third-order valence-electron chi connectivity index (χ3n) is 8.01. The van der Waals surface area contributed by atoms with Crippen LogP contribution in [0.5, 0.6) is 17.2 Å². The van der Waals surface area contributed by atoms with Crippen molar-refractivity contribution in [1.29, 1.82) is 0 Å². The molecule has 216 valence electrons. The number of hydrogen-bond donors (Lipinski definition) is 0. The number of halogens is 3. The number of rotatable bonds is 9. The molecule has 3 aromatic rings. The van der Waals surface area contributed by atoms with E-state index in [1.807, 2.05) is 37.3 Å². The molecular weight excluding hydrogens is 548 g/mol. The summed E-state index contributed by atoms with van der Waals surface area (Å²) in [7, 11) is 0. The van der Waals surface area contributed by atoms with Crippen LogP contribution in [0.1, 0.15) is 49.0 Å². The van der Waals surface area contributed by atoms with Gasteiger partial charge in [0, 0.05) is 49.2 Å². The number of fused-ring (bicyclic) bond motifs is 1. The first kappa shape index (κ1) is 28.0. The molecule has 3 aliphatic rings. The molecule has 8 heteroatoms. The van der Waals surface area contributed by atoms with Crippen molar-refractivity contribution in [2.75, 3.05) is 39.5 Å². The van der Waals surface area contributed by atoms with E-state index in [0.29, 0.717) is 29.7 Å². The first-order chi connectivity index (χ1) is 20.0. The summed E-state index contributed by atoms with van der Waals surface area (Å²) < 4.78 is 51.0. The number of likely N-dealkylation sites (tertiary alicyclic amines) is 1. The Morgan fingerprint density at radius 1 is 1.02 bits per heavy atom. The average molecular weight is 582 g/mol. The van der Waals surface area contributed by atoms with Crippen molar-refractivity contribution >= 4 is 22.7 Å². The average Bonchev–Trinajstić information content (AvgIpc) is 2.96. The van der Waals surface area contributed by atoms with Gasteiger partial charge in [0.15, 0.2) is 6.29 Å². The maximum atomic E-state index is 13.9. The zero-order valence-electron chi connectivity index (χ0n) is 23.1. The van der Waals surface area contributed by atoms with Crippen molar-refractivity contribution < 1.29 is 27.7 Å². The molecule has 0 aromatic heterocycles. The molecule has 6 rings (SSSR count). The SMILES string of the molecule is CC1=C(c2ccc(F)cc2)C(c2ccc(OCCN3CC(CF)C3)cc2)Oc2cc(Cl)c(OC3CCCCO3)cc21. The third-order valence-corrected chi connectivity index (χ3v) is 8.31. The Balaban J connectivity index is 1.26. The standard InChI is InChI=1S/C33H34ClF2NO4/c1-21-27-16-30(40-31-4-2-3-14-39-31)28(34)17-29(27)41-33(32(21)23-5-9-25(36)10-6-23)24-7-11-26(12-8-24)38-15-13-37-19-22(18-35)20-37/h5-12,16-17,22,31,33H,2-4,13-15,18-20H2,1H3. The van der Waals surface area contributed by atoms with E-state index in [4.69, 9.17) is 30.5 Å². The van der Waals surface area contributed by atoms with Crippen LogP contribution in [-0.2, 0) is 4.74 Å². The fourth-order valence-corrected chi connectivity index (χ4v) is 5.91. The van der Waals surface area contributed by atoms with Gasteiger partial charge in [-0.1, -0.05) is 35.9 Å². The van der Waals surface area contributed by atoms with Gasteiger partial charge in [0.1, 0.15) is 35.8 Å². The molecule has 41 heavy (non-hydrogen) atoms. The second-order valence-electron chi connectivity index (χ2n) is 10.9. The molecule has 3 aliphatic heterocycles. The van der Waals surface area contributed by atoms with Crippen LogP contribution in [0.25, 0.3) is 11.1 Å². The van der Waals surface area contributed by atoms with Gasteiger partial charge in [0.2, 0.25) is 0 Å². The minimum Gasteiger partial charge on any atom is -0.492 e. The molecule has 3 aromatic carbocycles. The van der Waals surface area contributed by atoms with E-state index in [1.165, 1.54) is 12.1 Å². The van der Waals surface area contributed by atoms with Gasteiger partial charge < -0.3 is 18.9 Å². The van der Waals surface area contributed by atoms with Crippen molar-refractivity contribution in [2.45, 2.75) is 38.6 Å². The Morgan fingerprint density at radius 2 is 1.80 bits per heavy atom. The zero-order chi connectivity index (χ0) is 28.3. The normalized spacial score (nSPS) is 21.2. The van der Waals surface area contributed by atoms with E-state index >= 15 is 0 Å². The highest BCUT2D eigenvalue weighted by Crippen LogP contribution is 2.49. The van der Waals surface area contributed by atoms with E-state index in [2.05, 4.69) is 4.90 Å². The molecular formula is C33H34ClF2NO4. The molecule has 5 nitrogen and oxygen atoms in total. The topological polar surface area (TPSA) is 40.2 Å². The molecule has 0 N–H and O–H groups in total. The van der Waals surface area contributed by atoms with Gasteiger partial charge in [0.05, 0.1) is 18.3 Å². The number of ether oxygens (including phenoxy) is 4. The van der Waals surface area contributed by atoms with Gasteiger partial charge in [0.25, 0.3) is 0 Å². The van der Waals surface area contributed by atoms with Crippen LogP contribution in [-0.4, -0.2) is 50.7 Å². The Morgan fingerprint density at radius 3 is 2.51 bits per heavy atom. The Hall–Kier alpha value is -3.13. The fraction of sp³-hybridized carbons (Fsp3) is 0.394. The van der Waals surface area contributed by atoms with Gasteiger partial charge in [-0.15, -0.1) is 0 Å². The lowest BCUT2D eigenvalue weighted by molar-refractivity contribution is -0.105. The first-order valence-electron chi connectivity index (χ1n) is 14.2. The molecule has 0 bridgehead atoms. The van der Waals surface area contributed by atoms with Gasteiger partial charge in [-0.2, -0.15) is 0 Å². The van der Waals surface area contributed by atoms with Crippen LogP contribution >= 0.6 is 11.6 Å². The molecule has 2 unspecified atom stereocenters. The quantitative estimate of drug-likeness (QED) is 0.259. The van der Waals surface area contributed by atoms with Crippen LogP contribution in [0.15, 0.2) is 60.7 Å². The van der Waals surface area contributed by atoms with Gasteiger partial charge in [-0.05, 0) is 66.8 Å². The third kappa shape index (κ3) is 6.22. The van der Waals surface area contributed by atoms with E-state index in [-0.39, 0.29) is 24.7 Å². The van der Waals surface area contributed by atoms with Gasteiger partial charge in [-0.3, -0.25) is 9.29 Å². The zero-order valence-corrected chi connectivity index (χ0v) is 23.8. The van der Waals surface area contributed by atoms with Crippen LogP contribution in [0.3, 0.4) is 0 Å². The van der Waals surface area contributed by atoms with Crippen molar-refractivity contribution in [3.05, 3.63) is 88.2 Å². The smallest absolute Gasteiger partial charge is 0.199 e. The second kappa shape index (κ2) is 12.4. The Labute approximate surface area is 244 Å². The molecule has 2 atom stereocenters. The predicted molar refractivity (Wildman–Crippen MR) is 156 cm³/mol. The number of allylic oxidation sites excluding steroid dienone is 1. The Kier molecular flexibility index (Phi) is 8.47. The van der Waals surface area contributed by atoms with Crippen molar-refractivity contribution in [1.82, 2.24) is 4.90 Å². The minimum atomic E-state index is -0.440. The highest BCUT2D eigenvalue weighted by Gasteiger charge is 2.31. The second-order valence-corrected chi connectivity index (χ2v) is 11.3. The molecule has 2 saturated heterocycles. The summed E-state index contributed by atoms with van der Waals surface area (Å²) in [5.41, 5.74) is 4.61. The van der Waals surface area contributed by atoms with Crippen molar-refractivity contribution in [2.24, 2.45) is 5.92 Å². The molecule has 0 aliphatic carbocycles.